The van der Waals surface area contributed by atoms with E-state index in [1.165, 1.54) is 9.75 Å². The number of rotatable bonds is 8. The molecule has 1 fully saturated rings. The molecule has 7 heteroatoms. The molecule has 1 aliphatic rings. The van der Waals surface area contributed by atoms with Crippen molar-refractivity contribution >= 4 is 57.7 Å². The maximum atomic E-state index is 13.4. The minimum absolute atomic E-state index is 0.00979. The van der Waals surface area contributed by atoms with Gasteiger partial charge in [0.1, 0.15) is 5.70 Å². The summed E-state index contributed by atoms with van der Waals surface area (Å²) >= 11 is 9.22. The molecule has 3 aromatic rings. The van der Waals surface area contributed by atoms with Gasteiger partial charge in [-0.15, -0.1) is 22.7 Å². The molecule has 3 heterocycles. The average molecular weight is 468 g/mol. The number of carbonyl (C=O) groups excluding carboxylic acids is 1. The Kier molecular flexibility index (Phi) is 6.85. The van der Waals surface area contributed by atoms with Crippen molar-refractivity contribution in [2.45, 2.75) is 12.8 Å². The van der Waals surface area contributed by atoms with Crippen LogP contribution in [0.3, 0.4) is 0 Å². The van der Waals surface area contributed by atoms with Gasteiger partial charge in [-0.1, -0.05) is 24.3 Å². The van der Waals surface area contributed by atoms with Crippen LogP contribution >= 0.6 is 34.9 Å². The van der Waals surface area contributed by atoms with Gasteiger partial charge >= 0.3 is 0 Å². The van der Waals surface area contributed by atoms with Crippen molar-refractivity contribution in [1.29, 1.82) is 0 Å². The molecule has 1 aromatic carbocycles. The molecule has 0 spiro atoms. The van der Waals surface area contributed by atoms with Crippen LogP contribution in [-0.4, -0.2) is 48.0 Å². The number of thiophene rings is 2. The number of benzene rings is 1. The van der Waals surface area contributed by atoms with Crippen LogP contribution in [0.2, 0.25) is 0 Å². The van der Waals surface area contributed by atoms with Gasteiger partial charge in [0.15, 0.2) is 5.11 Å². The fraction of sp³-hybridized carbons (Fsp3) is 0.250. The minimum Gasteiger partial charge on any atom is -0.378 e. The maximum Gasteiger partial charge on any atom is 0.276 e. The van der Waals surface area contributed by atoms with Gasteiger partial charge < -0.3 is 9.80 Å². The molecule has 1 amide bonds. The summed E-state index contributed by atoms with van der Waals surface area (Å²) in [6.45, 7) is 1.30. The number of hydrogen-bond acceptors (Lipinski definition) is 5. The highest BCUT2D eigenvalue weighted by atomic mass is 32.1. The minimum atomic E-state index is -0.00979. The number of anilines is 1. The van der Waals surface area contributed by atoms with Crippen molar-refractivity contribution in [1.82, 2.24) is 9.80 Å². The molecule has 160 valence electrons. The molecule has 0 saturated carbocycles. The van der Waals surface area contributed by atoms with E-state index in [9.17, 15) is 4.79 Å². The summed E-state index contributed by atoms with van der Waals surface area (Å²) < 4.78 is 0. The van der Waals surface area contributed by atoms with Gasteiger partial charge in [0.05, 0.1) is 0 Å². The van der Waals surface area contributed by atoms with E-state index in [1.54, 1.807) is 27.6 Å². The van der Waals surface area contributed by atoms with Crippen molar-refractivity contribution in [2.75, 3.05) is 32.1 Å². The van der Waals surface area contributed by atoms with E-state index in [2.05, 4.69) is 46.0 Å². The Balaban J connectivity index is 1.58. The third kappa shape index (κ3) is 5.06. The monoisotopic (exact) mass is 467 g/mol. The summed E-state index contributed by atoms with van der Waals surface area (Å²) in [6.07, 6.45) is 3.64. The standard InChI is InChI=1S/C24H25N3OS3/c1-25(2)19-9-7-18(8-10-19)17-22-23(28)27(14-12-21-6-4-16-31-21)24(29)26(22)13-11-20-5-3-15-30-20/h3-10,15-17H,11-14H2,1-2H3/b22-17+. The van der Waals surface area contributed by atoms with E-state index < -0.39 is 0 Å². The normalized spacial score (nSPS) is 15.4. The third-order valence-corrected chi connectivity index (χ3v) is 7.57. The Morgan fingerprint density at radius 2 is 1.48 bits per heavy atom. The fourth-order valence-corrected chi connectivity index (χ4v) is 5.28. The lowest BCUT2D eigenvalue weighted by molar-refractivity contribution is -0.122. The Bertz CT molecular complexity index is 1050. The molecule has 0 radical (unpaired) electrons. The van der Waals surface area contributed by atoms with E-state index in [-0.39, 0.29) is 5.91 Å². The molecular formula is C24H25N3OS3. The Labute approximate surface area is 197 Å². The third-order valence-electron chi connectivity index (χ3n) is 5.25. The predicted molar refractivity (Wildman–Crippen MR) is 136 cm³/mol. The zero-order chi connectivity index (χ0) is 21.8. The topological polar surface area (TPSA) is 26.8 Å². The Morgan fingerprint density at radius 3 is 2.00 bits per heavy atom. The molecule has 0 aliphatic carbocycles. The summed E-state index contributed by atoms with van der Waals surface area (Å²) in [4.78, 5) is 21.7. The van der Waals surface area contributed by atoms with E-state index >= 15 is 0 Å². The second-order valence-corrected chi connectivity index (χ2v) is 9.99. The van der Waals surface area contributed by atoms with Crippen molar-refractivity contribution in [3.8, 4) is 0 Å². The predicted octanol–water partition coefficient (Wildman–Crippen LogP) is 5.13. The number of amides is 1. The lowest BCUT2D eigenvalue weighted by Crippen LogP contribution is -2.34. The van der Waals surface area contributed by atoms with Gasteiger partial charge in [-0.05, 0) is 71.7 Å². The molecule has 1 aliphatic heterocycles. The second kappa shape index (κ2) is 9.77. The van der Waals surface area contributed by atoms with Crippen LogP contribution in [0.1, 0.15) is 15.3 Å². The van der Waals surface area contributed by atoms with Gasteiger partial charge in [-0.2, -0.15) is 0 Å². The van der Waals surface area contributed by atoms with Crippen LogP contribution in [0.4, 0.5) is 5.69 Å². The van der Waals surface area contributed by atoms with Crippen molar-refractivity contribution in [2.24, 2.45) is 0 Å². The van der Waals surface area contributed by atoms with Crippen LogP contribution in [-0.2, 0) is 17.6 Å². The molecule has 0 bridgehead atoms. The van der Waals surface area contributed by atoms with Gasteiger partial charge in [-0.3, -0.25) is 9.69 Å². The number of thiocarbonyl (C=S) groups is 1. The van der Waals surface area contributed by atoms with E-state index in [1.807, 2.05) is 43.3 Å². The molecule has 4 rings (SSSR count). The molecule has 0 atom stereocenters. The highest BCUT2D eigenvalue weighted by Gasteiger charge is 2.37. The SMILES string of the molecule is CN(C)c1ccc(/C=C2\C(=O)N(CCc3cccs3)C(=S)N2CCc2cccs2)cc1. The van der Waals surface area contributed by atoms with E-state index in [4.69, 9.17) is 12.2 Å². The van der Waals surface area contributed by atoms with E-state index in [0.717, 1.165) is 24.1 Å². The van der Waals surface area contributed by atoms with Gasteiger partial charge in [0.2, 0.25) is 0 Å². The summed E-state index contributed by atoms with van der Waals surface area (Å²) in [5.41, 5.74) is 2.78. The van der Waals surface area contributed by atoms with Gasteiger partial charge in [-0.25, -0.2) is 0 Å². The zero-order valence-electron chi connectivity index (χ0n) is 17.7. The fourth-order valence-electron chi connectivity index (χ4n) is 3.52. The molecular weight excluding hydrogens is 442 g/mol. The average Bonchev–Trinajstić information content (AvgIpc) is 3.50. The first-order valence-corrected chi connectivity index (χ1v) is 12.4. The highest BCUT2D eigenvalue weighted by Crippen LogP contribution is 2.26. The first-order chi connectivity index (χ1) is 15.0. The molecule has 4 nitrogen and oxygen atoms in total. The molecule has 31 heavy (non-hydrogen) atoms. The molecule has 0 unspecified atom stereocenters. The van der Waals surface area contributed by atoms with Crippen LogP contribution in [0.25, 0.3) is 6.08 Å². The molecule has 0 N–H and O–H groups in total. The van der Waals surface area contributed by atoms with Crippen molar-refractivity contribution < 1.29 is 4.79 Å². The van der Waals surface area contributed by atoms with Crippen LogP contribution in [0, 0.1) is 0 Å². The summed E-state index contributed by atoms with van der Waals surface area (Å²) in [5.74, 6) is -0.00979. The summed E-state index contributed by atoms with van der Waals surface area (Å²) in [6, 6.07) is 16.6. The Hall–Kier alpha value is -2.48. The number of hydrogen-bond donors (Lipinski definition) is 0. The second-order valence-electron chi connectivity index (χ2n) is 7.57. The van der Waals surface area contributed by atoms with E-state index in [0.29, 0.717) is 23.9 Å². The van der Waals surface area contributed by atoms with Gasteiger partial charge in [0, 0.05) is 42.6 Å². The summed E-state index contributed by atoms with van der Waals surface area (Å²) in [5, 5.41) is 4.75. The number of nitrogens with zero attached hydrogens (tertiary/aromatic N) is 3. The largest absolute Gasteiger partial charge is 0.378 e. The number of carbonyl (C=O) groups is 1. The quantitative estimate of drug-likeness (QED) is 0.339. The smallest absolute Gasteiger partial charge is 0.276 e. The lowest BCUT2D eigenvalue weighted by Gasteiger charge is -2.20. The first-order valence-electron chi connectivity index (χ1n) is 10.2. The van der Waals surface area contributed by atoms with Crippen LogP contribution < -0.4 is 4.90 Å². The lowest BCUT2D eigenvalue weighted by atomic mass is 10.1. The molecule has 2 aromatic heterocycles. The zero-order valence-corrected chi connectivity index (χ0v) is 20.1. The van der Waals surface area contributed by atoms with Crippen molar-refractivity contribution in [3.05, 3.63) is 80.3 Å². The van der Waals surface area contributed by atoms with Crippen molar-refractivity contribution in [3.63, 3.8) is 0 Å². The van der Waals surface area contributed by atoms with Gasteiger partial charge in [0.25, 0.3) is 5.91 Å². The first kappa shape index (κ1) is 21.7. The van der Waals surface area contributed by atoms with Crippen LogP contribution in [0.5, 0.6) is 0 Å². The van der Waals surface area contributed by atoms with Crippen LogP contribution in [0.15, 0.2) is 65.0 Å². The Morgan fingerprint density at radius 1 is 0.903 bits per heavy atom. The maximum absolute atomic E-state index is 13.4. The highest BCUT2D eigenvalue weighted by molar-refractivity contribution is 7.80. The summed E-state index contributed by atoms with van der Waals surface area (Å²) in [7, 11) is 4.04. The molecule has 1 saturated heterocycles.